The smallest absolute Gasteiger partial charge is 0.220 e. The average molecular weight is 462 g/mol. The molecule has 1 unspecified atom stereocenters. The summed E-state index contributed by atoms with van der Waals surface area (Å²) in [7, 11) is 1.89. The molecule has 3 aliphatic rings. The van der Waals surface area contributed by atoms with Crippen LogP contribution in [0.15, 0.2) is 4.99 Å². The first-order valence-electron chi connectivity index (χ1n) is 9.93. The summed E-state index contributed by atoms with van der Waals surface area (Å²) in [5.74, 6) is 2.04. The van der Waals surface area contributed by atoms with E-state index in [1.54, 1.807) is 0 Å². The van der Waals surface area contributed by atoms with Gasteiger partial charge in [-0.05, 0) is 31.6 Å². The van der Waals surface area contributed by atoms with Crippen molar-refractivity contribution in [2.45, 2.75) is 64.2 Å². The third-order valence-electron chi connectivity index (χ3n) is 6.14. The Kier molecular flexibility index (Phi) is 8.29. The molecule has 25 heavy (non-hydrogen) atoms. The predicted octanol–water partition coefficient (Wildman–Crippen LogP) is 3.14. The van der Waals surface area contributed by atoms with Gasteiger partial charge in [-0.3, -0.25) is 9.79 Å². The minimum Gasteiger partial charge on any atom is -0.356 e. The van der Waals surface area contributed by atoms with Gasteiger partial charge in [-0.15, -0.1) is 24.0 Å². The number of halogens is 1. The van der Waals surface area contributed by atoms with Gasteiger partial charge in [0.15, 0.2) is 5.96 Å². The first-order valence-corrected chi connectivity index (χ1v) is 9.93. The lowest BCUT2D eigenvalue weighted by molar-refractivity contribution is -0.119. The zero-order valence-electron chi connectivity index (χ0n) is 15.7. The maximum Gasteiger partial charge on any atom is 0.220 e. The Labute approximate surface area is 169 Å². The van der Waals surface area contributed by atoms with E-state index < -0.39 is 0 Å². The monoisotopic (exact) mass is 462 g/mol. The Bertz CT molecular complexity index is 462. The van der Waals surface area contributed by atoms with Crippen molar-refractivity contribution in [3.8, 4) is 0 Å². The molecule has 0 bridgehead atoms. The minimum atomic E-state index is 0. The summed E-state index contributed by atoms with van der Waals surface area (Å²) in [4.78, 5) is 18.6. The van der Waals surface area contributed by atoms with Crippen molar-refractivity contribution in [1.82, 2.24) is 15.5 Å². The second-order valence-corrected chi connectivity index (χ2v) is 8.12. The highest BCUT2D eigenvalue weighted by atomic mass is 127. The number of nitrogens with one attached hydrogen (secondary N) is 2. The third-order valence-corrected chi connectivity index (χ3v) is 6.14. The molecule has 1 spiro atoms. The fourth-order valence-electron chi connectivity index (χ4n) is 4.74. The number of hydrogen-bond donors (Lipinski definition) is 2. The van der Waals surface area contributed by atoms with Crippen LogP contribution in [-0.2, 0) is 4.79 Å². The van der Waals surface area contributed by atoms with Crippen LogP contribution in [0, 0.1) is 11.3 Å². The van der Waals surface area contributed by atoms with Gasteiger partial charge in [-0.2, -0.15) is 0 Å². The van der Waals surface area contributed by atoms with Crippen LogP contribution in [0.5, 0.6) is 0 Å². The number of amides is 1. The second kappa shape index (κ2) is 9.97. The van der Waals surface area contributed by atoms with Crippen molar-refractivity contribution >= 4 is 35.8 Å². The van der Waals surface area contributed by atoms with Crippen molar-refractivity contribution in [2.24, 2.45) is 16.3 Å². The van der Waals surface area contributed by atoms with Crippen LogP contribution in [-0.4, -0.2) is 50.0 Å². The van der Waals surface area contributed by atoms with Crippen LogP contribution >= 0.6 is 24.0 Å². The van der Waals surface area contributed by atoms with E-state index >= 15 is 0 Å². The number of piperidine rings is 1. The summed E-state index contributed by atoms with van der Waals surface area (Å²) in [6, 6.07) is 0. The van der Waals surface area contributed by atoms with Crippen LogP contribution in [0.1, 0.15) is 64.2 Å². The van der Waals surface area contributed by atoms with Gasteiger partial charge in [0.25, 0.3) is 0 Å². The van der Waals surface area contributed by atoms with Gasteiger partial charge in [0.2, 0.25) is 5.91 Å². The quantitative estimate of drug-likeness (QED) is 0.377. The van der Waals surface area contributed by atoms with E-state index in [-0.39, 0.29) is 35.3 Å². The highest BCUT2D eigenvalue weighted by molar-refractivity contribution is 14.0. The van der Waals surface area contributed by atoms with E-state index in [2.05, 4.69) is 20.5 Å². The Morgan fingerprint density at radius 2 is 1.96 bits per heavy atom. The van der Waals surface area contributed by atoms with Gasteiger partial charge in [0.05, 0.1) is 0 Å². The second-order valence-electron chi connectivity index (χ2n) is 8.12. The summed E-state index contributed by atoms with van der Waals surface area (Å²) >= 11 is 0. The number of carbonyl (C=O) groups excluding carboxylic acids is 1. The normalized spacial score (nSPS) is 28.9. The summed E-state index contributed by atoms with van der Waals surface area (Å²) in [6.07, 6.45) is 12.7. The largest absolute Gasteiger partial charge is 0.356 e. The number of nitrogens with zero attached hydrogens (tertiary/aromatic N) is 2. The van der Waals surface area contributed by atoms with E-state index in [0.29, 0.717) is 6.42 Å². The topological polar surface area (TPSA) is 56.7 Å². The van der Waals surface area contributed by atoms with Crippen molar-refractivity contribution < 1.29 is 4.79 Å². The summed E-state index contributed by atoms with van der Waals surface area (Å²) in [5, 5.41) is 6.67. The van der Waals surface area contributed by atoms with E-state index in [9.17, 15) is 4.79 Å². The van der Waals surface area contributed by atoms with Gasteiger partial charge in [-0.25, -0.2) is 0 Å². The molecule has 5 nitrogen and oxygen atoms in total. The minimum absolute atomic E-state index is 0. The highest BCUT2D eigenvalue weighted by Crippen LogP contribution is 2.36. The molecule has 1 amide bonds. The van der Waals surface area contributed by atoms with Gasteiger partial charge >= 0.3 is 0 Å². The number of hydrogen-bond acceptors (Lipinski definition) is 2. The molecule has 0 aromatic heterocycles. The Morgan fingerprint density at radius 3 is 2.60 bits per heavy atom. The molecule has 1 atom stereocenters. The van der Waals surface area contributed by atoms with Crippen LogP contribution in [0.3, 0.4) is 0 Å². The molecule has 1 aliphatic carbocycles. The number of aliphatic imine (C=N–C) groups is 1. The Balaban J connectivity index is 0.00000225. The first kappa shape index (κ1) is 20.8. The standard InChI is InChI=1S/C19H34N4O.HI/c1-20-18(21-13-16-8-5-3-2-4-6-9-16)23-11-7-10-19(15-23)12-17(24)22-14-19;/h16H,2-15H2,1H3,(H,20,21)(H,22,24);1H. The van der Waals surface area contributed by atoms with Crippen molar-refractivity contribution in [3.63, 3.8) is 0 Å². The fraction of sp³-hybridized carbons (Fsp3) is 0.895. The van der Waals surface area contributed by atoms with Crippen molar-refractivity contribution in [1.29, 1.82) is 0 Å². The average Bonchev–Trinajstić information content (AvgIpc) is 2.90. The van der Waals surface area contributed by atoms with Gasteiger partial charge in [0.1, 0.15) is 0 Å². The molecule has 2 aliphatic heterocycles. The van der Waals surface area contributed by atoms with E-state index in [1.807, 2.05) is 7.05 Å². The van der Waals surface area contributed by atoms with Crippen LogP contribution in [0.25, 0.3) is 0 Å². The molecule has 2 N–H and O–H groups in total. The van der Waals surface area contributed by atoms with Crippen LogP contribution in [0.2, 0.25) is 0 Å². The number of carbonyl (C=O) groups is 1. The van der Waals surface area contributed by atoms with Gasteiger partial charge < -0.3 is 15.5 Å². The van der Waals surface area contributed by atoms with Gasteiger partial charge in [-0.1, -0.05) is 32.1 Å². The molecule has 144 valence electrons. The van der Waals surface area contributed by atoms with Crippen LogP contribution in [0.4, 0.5) is 0 Å². The number of likely N-dealkylation sites (tertiary alicyclic amines) is 1. The SMILES string of the molecule is CN=C(NCC1CCCCCCC1)N1CCCC2(CNC(=O)C2)C1.I. The van der Waals surface area contributed by atoms with E-state index in [1.165, 1.54) is 44.9 Å². The lowest BCUT2D eigenvalue weighted by atomic mass is 9.79. The maximum atomic E-state index is 11.7. The molecule has 0 aromatic rings. The predicted molar refractivity (Wildman–Crippen MR) is 113 cm³/mol. The fourth-order valence-corrected chi connectivity index (χ4v) is 4.74. The molecule has 1 saturated carbocycles. The molecular weight excluding hydrogens is 427 g/mol. The third kappa shape index (κ3) is 5.73. The molecule has 0 radical (unpaired) electrons. The number of rotatable bonds is 2. The lowest BCUT2D eigenvalue weighted by Crippen LogP contribution is -2.52. The molecule has 3 rings (SSSR count). The zero-order chi connectivity index (χ0) is 16.8. The summed E-state index contributed by atoms with van der Waals surface area (Å²) in [6.45, 7) is 3.89. The zero-order valence-corrected chi connectivity index (χ0v) is 18.0. The summed E-state index contributed by atoms with van der Waals surface area (Å²) < 4.78 is 0. The van der Waals surface area contributed by atoms with E-state index in [4.69, 9.17) is 0 Å². The maximum absolute atomic E-state index is 11.7. The van der Waals surface area contributed by atoms with Crippen LogP contribution < -0.4 is 10.6 Å². The molecule has 6 heteroatoms. The van der Waals surface area contributed by atoms with Crippen molar-refractivity contribution in [2.75, 3.05) is 33.2 Å². The molecular formula is C19H35IN4O. The molecule has 3 fully saturated rings. The molecule has 0 aromatic carbocycles. The van der Waals surface area contributed by atoms with Crippen molar-refractivity contribution in [3.05, 3.63) is 0 Å². The molecule has 2 heterocycles. The molecule has 2 saturated heterocycles. The van der Waals surface area contributed by atoms with E-state index in [0.717, 1.165) is 50.9 Å². The highest BCUT2D eigenvalue weighted by Gasteiger charge is 2.42. The van der Waals surface area contributed by atoms with Gasteiger partial charge in [0, 0.05) is 45.1 Å². The Hall–Kier alpha value is -0.530. The summed E-state index contributed by atoms with van der Waals surface area (Å²) in [5.41, 5.74) is 0.132. The first-order chi connectivity index (χ1) is 11.7. The number of guanidine groups is 1. The lowest BCUT2D eigenvalue weighted by Gasteiger charge is -2.41. The Morgan fingerprint density at radius 1 is 1.24 bits per heavy atom.